The van der Waals surface area contributed by atoms with Gasteiger partial charge < -0.3 is 25.1 Å². The van der Waals surface area contributed by atoms with Crippen molar-refractivity contribution >= 4 is 17.0 Å². The van der Waals surface area contributed by atoms with Gasteiger partial charge in [0.2, 0.25) is 0 Å². The average molecular weight is 355 g/mol. The molecule has 5 atom stereocenters. The molecule has 5 rings (SSSR count). The molecule has 9 nitrogen and oxygen atoms in total. The number of hydrogen-bond donors (Lipinski definition) is 2. The van der Waals surface area contributed by atoms with Gasteiger partial charge in [-0.1, -0.05) is 30.3 Å². The molecule has 2 aliphatic rings. The Hall–Kier alpha value is -2.59. The molecule has 0 aliphatic carbocycles. The maximum Gasteiger partial charge on any atom is 0.185 e. The van der Waals surface area contributed by atoms with Gasteiger partial charge in [0.1, 0.15) is 30.2 Å². The van der Waals surface area contributed by atoms with Crippen molar-refractivity contribution in [3.8, 4) is 0 Å². The van der Waals surface area contributed by atoms with E-state index >= 15 is 0 Å². The van der Waals surface area contributed by atoms with E-state index in [1.54, 1.807) is 10.9 Å². The number of aromatic nitrogens is 4. The molecule has 1 unspecified atom stereocenters. The molecule has 9 heteroatoms. The molecule has 2 aromatic heterocycles. The number of nitrogen functional groups attached to an aromatic ring is 1. The number of nitrogens with two attached hydrogens (primary N) is 1. The minimum absolute atomic E-state index is 0.174. The van der Waals surface area contributed by atoms with Crippen molar-refractivity contribution in [3.05, 3.63) is 48.5 Å². The highest BCUT2D eigenvalue weighted by molar-refractivity contribution is 5.81. The number of imidazole rings is 1. The molecular weight excluding hydrogens is 338 g/mol. The number of benzene rings is 1. The lowest BCUT2D eigenvalue weighted by molar-refractivity contribution is -0.153. The van der Waals surface area contributed by atoms with E-state index in [1.807, 2.05) is 30.3 Å². The number of fused-ring (bicyclic) bond motifs is 2. The van der Waals surface area contributed by atoms with Crippen molar-refractivity contribution in [1.82, 2.24) is 19.5 Å². The fraction of sp³-hybridized carbons (Fsp3) is 0.353. The first-order valence-corrected chi connectivity index (χ1v) is 8.31. The Labute approximate surface area is 148 Å². The van der Waals surface area contributed by atoms with Gasteiger partial charge in [0.25, 0.3) is 0 Å². The SMILES string of the molecule is Nc1ncnc2c1ncn2[C@@H]1O[C@H](CO)[C@@H]2OC(c3ccccc3)O[C@@H]21. The predicted molar refractivity (Wildman–Crippen MR) is 89.7 cm³/mol. The van der Waals surface area contributed by atoms with Gasteiger partial charge in [0, 0.05) is 5.56 Å². The van der Waals surface area contributed by atoms with Crippen LogP contribution in [0.2, 0.25) is 0 Å². The van der Waals surface area contributed by atoms with Crippen LogP contribution >= 0.6 is 0 Å². The summed E-state index contributed by atoms with van der Waals surface area (Å²) in [5.41, 5.74) is 7.83. The van der Waals surface area contributed by atoms with Crippen molar-refractivity contribution in [2.24, 2.45) is 0 Å². The number of aliphatic hydroxyl groups excluding tert-OH is 1. The molecule has 0 radical (unpaired) electrons. The summed E-state index contributed by atoms with van der Waals surface area (Å²) in [4.78, 5) is 12.5. The summed E-state index contributed by atoms with van der Waals surface area (Å²) < 4.78 is 19.9. The minimum atomic E-state index is -0.537. The third-order valence-corrected chi connectivity index (χ3v) is 4.76. The predicted octanol–water partition coefficient (Wildman–Crippen LogP) is 0.781. The molecule has 4 heterocycles. The van der Waals surface area contributed by atoms with Crippen LogP contribution in [0.4, 0.5) is 5.82 Å². The van der Waals surface area contributed by atoms with Gasteiger partial charge in [-0.3, -0.25) is 4.57 Å². The first kappa shape index (κ1) is 15.6. The van der Waals surface area contributed by atoms with E-state index in [-0.39, 0.29) is 6.61 Å². The highest BCUT2D eigenvalue weighted by atomic mass is 16.8. The van der Waals surface area contributed by atoms with Gasteiger partial charge in [-0.05, 0) is 0 Å². The summed E-state index contributed by atoms with van der Waals surface area (Å²) in [5, 5.41) is 9.71. The van der Waals surface area contributed by atoms with Crippen molar-refractivity contribution in [1.29, 1.82) is 0 Å². The third kappa shape index (κ3) is 2.29. The Morgan fingerprint density at radius 1 is 1.04 bits per heavy atom. The second-order valence-electron chi connectivity index (χ2n) is 6.27. The largest absolute Gasteiger partial charge is 0.394 e. The monoisotopic (exact) mass is 355 g/mol. The van der Waals surface area contributed by atoms with E-state index in [0.29, 0.717) is 17.0 Å². The molecule has 3 N–H and O–H groups in total. The van der Waals surface area contributed by atoms with Crippen molar-refractivity contribution in [2.45, 2.75) is 30.8 Å². The van der Waals surface area contributed by atoms with Crippen LogP contribution in [-0.4, -0.2) is 49.5 Å². The Kier molecular flexibility index (Phi) is 3.61. The maximum absolute atomic E-state index is 9.71. The Morgan fingerprint density at radius 2 is 1.85 bits per heavy atom. The van der Waals surface area contributed by atoms with Crippen LogP contribution in [0.1, 0.15) is 18.1 Å². The van der Waals surface area contributed by atoms with Crippen molar-refractivity contribution in [3.63, 3.8) is 0 Å². The van der Waals surface area contributed by atoms with Crippen LogP contribution in [0, 0.1) is 0 Å². The van der Waals surface area contributed by atoms with Crippen LogP contribution < -0.4 is 5.73 Å². The van der Waals surface area contributed by atoms with E-state index in [9.17, 15) is 5.11 Å². The number of nitrogens with zero attached hydrogens (tertiary/aromatic N) is 4. The van der Waals surface area contributed by atoms with Crippen LogP contribution in [-0.2, 0) is 14.2 Å². The first-order chi connectivity index (χ1) is 12.8. The molecule has 0 bridgehead atoms. The smallest absolute Gasteiger partial charge is 0.185 e. The van der Waals surface area contributed by atoms with Crippen molar-refractivity contribution in [2.75, 3.05) is 12.3 Å². The number of aliphatic hydroxyl groups is 1. The molecule has 3 aromatic rings. The fourth-order valence-corrected chi connectivity index (χ4v) is 3.53. The van der Waals surface area contributed by atoms with E-state index < -0.39 is 30.8 Å². The van der Waals surface area contributed by atoms with Gasteiger partial charge in [-0.25, -0.2) is 15.0 Å². The van der Waals surface area contributed by atoms with Crippen LogP contribution in [0.5, 0.6) is 0 Å². The van der Waals surface area contributed by atoms with E-state index in [2.05, 4.69) is 15.0 Å². The van der Waals surface area contributed by atoms with Crippen LogP contribution in [0.15, 0.2) is 43.0 Å². The van der Waals surface area contributed by atoms with Gasteiger partial charge >= 0.3 is 0 Å². The van der Waals surface area contributed by atoms with E-state index in [0.717, 1.165) is 5.56 Å². The Bertz CT molecular complexity index is 933. The number of hydrogen-bond acceptors (Lipinski definition) is 8. The molecule has 2 saturated heterocycles. The molecule has 2 aliphatic heterocycles. The van der Waals surface area contributed by atoms with Crippen LogP contribution in [0.25, 0.3) is 11.2 Å². The lowest BCUT2D eigenvalue weighted by Gasteiger charge is -2.20. The minimum Gasteiger partial charge on any atom is -0.394 e. The summed E-state index contributed by atoms with van der Waals surface area (Å²) >= 11 is 0. The number of ether oxygens (including phenoxy) is 3. The zero-order valence-electron chi connectivity index (χ0n) is 13.7. The van der Waals surface area contributed by atoms with Gasteiger partial charge in [-0.15, -0.1) is 0 Å². The van der Waals surface area contributed by atoms with Crippen LogP contribution in [0.3, 0.4) is 0 Å². The maximum atomic E-state index is 9.71. The van der Waals surface area contributed by atoms with Crippen molar-refractivity contribution < 1.29 is 19.3 Å². The van der Waals surface area contributed by atoms with E-state index in [1.165, 1.54) is 6.33 Å². The molecule has 1 aromatic carbocycles. The molecule has 0 spiro atoms. The summed E-state index contributed by atoms with van der Waals surface area (Å²) in [7, 11) is 0. The first-order valence-electron chi connectivity index (χ1n) is 8.31. The summed E-state index contributed by atoms with van der Waals surface area (Å²) in [6, 6.07) is 9.67. The lowest BCUT2D eigenvalue weighted by atomic mass is 10.1. The second-order valence-corrected chi connectivity index (χ2v) is 6.27. The van der Waals surface area contributed by atoms with Gasteiger partial charge in [-0.2, -0.15) is 0 Å². The average Bonchev–Trinajstić information content (AvgIpc) is 3.36. The van der Waals surface area contributed by atoms with Gasteiger partial charge in [0.05, 0.1) is 12.9 Å². The Morgan fingerprint density at radius 3 is 2.65 bits per heavy atom. The zero-order valence-corrected chi connectivity index (χ0v) is 13.7. The van der Waals surface area contributed by atoms with Gasteiger partial charge in [0.15, 0.2) is 24.0 Å². The summed E-state index contributed by atoms with van der Waals surface area (Å²) in [6.45, 7) is -0.174. The highest BCUT2D eigenvalue weighted by Gasteiger charge is 2.53. The standard InChI is InChI=1S/C17H17N5O4/c18-14-11-15(20-7-19-14)22(8-21-11)16-13-12(10(6-23)24-16)25-17(26-13)9-4-2-1-3-5-9/h1-5,7-8,10,12-13,16-17,23H,6H2,(H2,18,19,20)/t10-,12+,13+,16-,17?/m1/s1. The zero-order chi connectivity index (χ0) is 17.7. The normalized spacial score (nSPS) is 30.7. The molecular formula is C17H17N5O4. The third-order valence-electron chi connectivity index (χ3n) is 4.76. The Balaban J connectivity index is 1.51. The molecule has 134 valence electrons. The van der Waals surface area contributed by atoms with E-state index in [4.69, 9.17) is 19.9 Å². The molecule has 0 amide bonds. The molecule has 26 heavy (non-hydrogen) atoms. The topological polar surface area (TPSA) is 118 Å². The second kappa shape index (κ2) is 5.99. The number of rotatable bonds is 3. The lowest BCUT2D eigenvalue weighted by Crippen LogP contribution is -2.30. The highest BCUT2D eigenvalue weighted by Crippen LogP contribution is 2.44. The molecule has 0 saturated carbocycles. The molecule has 2 fully saturated rings. The quantitative estimate of drug-likeness (QED) is 0.708. The summed E-state index contributed by atoms with van der Waals surface area (Å²) in [6.07, 6.45) is 0.612. The summed E-state index contributed by atoms with van der Waals surface area (Å²) in [5.74, 6) is 0.299. The number of anilines is 1. The fourth-order valence-electron chi connectivity index (χ4n) is 3.53.